The molecule has 108 valence electrons. The molecule has 0 heterocycles. The first-order valence-electron chi connectivity index (χ1n) is 6.14. The summed E-state index contributed by atoms with van der Waals surface area (Å²) in [7, 11) is 0. The van der Waals surface area contributed by atoms with Gasteiger partial charge >= 0.3 is 11.8 Å². The molecule has 0 saturated carbocycles. The first kappa shape index (κ1) is 15.1. The van der Waals surface area contributed by atoms with Crippen molar-refractivity contribution >= 4 is 39.1 Å². The van der Waals surface area contributed by atoms with Crippen LogP contribution >= 0.6 is 15.9 Å². The maximum Gasteiger partial charge on any atom is 0.314 e. The lowest BCUT2D eigenvalue weighted by atomic mass is 10.2. The minimum atomic E-state index is -0.855. The van der Waals surface area contributed by atoms with Crippen molar-refractivity contribution in [3.8, 4) is 5.75 Å². The molecule has 0 aliphatic carbocycles. The van der Waals surface area contributed by atoms with Gasteiger partial charge < -0.3 is 15.7 Å². The summed E-state index contributed by atoms with van der Waals surface area (Å²) in [6.45, 7) is 1.82. The minimum absolute atomic E-state index is 0.0948. The Morgan fingerprint density at radius 1 is 1.00 bits per heavy atom. The molecule has 21 heavy (non-hydrogen) atoms. The highest BCUT2D eigenvalue weighted by atomic mass is 79.9. The van der Waals surface area contributed by atoms with Gasteiger partial charge in [-0.1, -0.05) is 18.2 Å². The summed E-state index contributed by atoms with van der Waals surface area (Å²) in [4.78, 5) is 23.7. The number of phenols is 1. The predicted octanol–water partition coefficient (Wildman–Crippen LogP) is 3.04. The molecule has 0 bridgehead atoms. The Kier molecular flexibility index (Phi) is 4.59. The molecule has 2 amide bonds. The number of halogens is 1. The fourth-order valence-corrected chi connectivity index (χ4v) is 2.05. The van der Waals surface area contributed by atoms with E-state index in [0.717, 1.165) is 5.56 Å². The molecule has 0 fully saturated rings. The minimum Gasteiger partial charge on any atom is -0.506 e. The highest BCUT2D eigenvalue weighted by Crippen LogP contribution is 2.24. The topological polar surface area (TPSA) is 78.4 Å². The molecule has 0 spiro atoms. The van der Waals surface area contributed by atoms with E-state index in [1.165, 1.54) is 6.07 Å². The van der Waals surface area contributed by atoms with Crippen molar-refractivity contribution < 1.29 is 14.7 Å². The van der Waals surface area contributed by atoms with E-state index in [1.807, 2.05) is 6.92 Å². The molecule has 0 atom stereocenters. The standard InChI is InChI=1S/C15H13BrN2O3/c1-9-6-7-13(19)12(8-9)18-15(21)14(20)17-11-5-3-2-4-10(11)16/h2-8,19H,1H3,(H,17,20)(H,18,21). The lowest BCUT2D eigenvalue weighted by Crippen LogP contribution is -2.29. The smallest absolute Gasteiger partial charge is 0.314 e. The van der Waals surface area contributed by atoms with Crippen molar-refractivity contribution in [3.05, 3.63) is 52.5 Å². The number of amides is 2. The quantitative estimate of drug-likeness (QED) is 0.576. The van der Waals surface area contributed by atoms with Gasteiger partial charge in [-0.25, -0.2) is 0 Å². The lowest BCUT2D eigenvalue weighted by Gasteiger charge is -2.09. The van der Waals surface area contributed by atoms with Crippen LogP contribution in [-0.2, 0) is 9.59 Å². The molecule has 0 radical (unpaired) electrons. The van der Waals surface area contributed by atoms with Crippen LogP contribution in [0.5, 0.6) is 5.75 Å². The number of hydrogen-bond acceptors (Lipinski definition) is 3. The number of phenolic OH excluding ortho intramolecular Hbond substituents is 1. The maximum absolute atomic E-state index is 11.8. The van der Waals surface area contributed by atoms with E-state index in [-0.39, 0.29) is 11.4 Å². The number of hydrogen-bond donors (Lipinski definition) is 3. The molecular formula is C15H13BrN2O3. The predicted molar refractivity (Wildman–Crippen MR) is 84.2 cm³/mol. The monoisotopic (exact) mass is 348 g/mol. The van der Waals surface area contributed by atoms with Crippen LogP contribution < -0.4 is 10.6 Å². The van der Waals surface area contributed by atoms with Gasteiger partial charge in [0.25, 0.3) is 0 Å². The number of aryl methyl sites for hydroxylation is 1. The molecular weight excluding hydrogens is 336 g/mol. The molecule has 6 heteroatoms. The van der Waals surface area contributed by atoms with Crippen molar-refractivity contribution in [1.29, 1.82) is 0 Å². The first-order chi connectivity index (χ1) is 9.97. The fraction of sp³-hybridized carbons (Fsp3) is 0.0667. The van der Waals surface area contributed by atoms with E-state index >= 15 is 0 Å². The number of benzene rings is 2. The molecule has 2 aromatic rings. The Hall–Kier alpha value is -2.34. The molecule has 0 aliphatic heterocycles. The molecule has 3 N–H and O–H groups in total. The summed E-state index contributed by atoms with van der Waals surface area (Å²) < 4.78 is 0.671. The van der Waals surface area contributed by atoms with E-state index in [2.05, 4.69) is 26.6 Å². The average Bonchev–Trinajstić information content (AvgIpc) is 2.45. The fourth-order valence-electron chi connectivity index (χ4n) is 1.67. The van der Waals surface area contributed by atoms with Gasteiger partial charge in [-0.2, -0.15) is 0 Å². The van der Waals surface area contributed by atoms with E-state index in [4.69, 9.17) is 0 Å². The highest BCUT2D eigenvalue weighted by molar-refractivity contribution is 9.10. The number of rotatable bonds is 2. The largest absolute Gasteiger partial charge is 0.506 e. The van der Waals surface area contributed by atoms with Crippen molar-refractivity contribution in [2.24, 2.45) is 0 Å². The summed E-state index contributed by atoms with van der Waals surface area (Å²) in [5, 5.41) is 14.5. The van der Waals surface area contributed by atoms with Crippen LogP contribution in [0, 0.1) is 6.92 Å². The second-order valence-corrected chi connectivity index (χ2v) is 5.26. The van der Waals surface area contributed by atoms with Crippen LogP contribution in [0.4, 0.5) is 11.4 Å². The van der Waals surface area contributed by atoms with Crippen LogP contribution in [0.15, 0.2) is 46.9 Å². The Morgan fingerprint density at radius 2 is 1.62 bits per heavy atom. The molecule has 5 nitrogen and oxygen atoms in total. The van der Waals surface area contributed by atoms with Crippen molar-refractivity contribution in [3.63, 3.8) is 0 Å². The SMILES string of the molecule is Cc1ccc(O)c(NC(=O)C(=O)Nc2ccccc2Br)c1. The second-order valence-electron chi connectivity index (χ2n) is 4.41. The summed E-state index contributed by atoms with van der Waals surface area (Å²) in [5.41, 5.74) is 1.54. The van der Waals surface area contributed by atoms with E-state index in [9.17, 15) is 14.7 Å². The third-order valence-corrected chi connectivity index (χ3v) is 3.42. The number of carbonyl (C=O) groups is 2. The third kappa shape index (κ3) is 3.82. The van der Waals surface area contributed by atoms with Gasteiger partial charge in [0.1, 0.15) is 5.75 Å². The molecule has 2 rings (SSSR count). The number of aromatic hydroxyl groups is 1. The summed E-state index contributed by atoms with van der Waals surface area (Å²) in [5.74, 6) is -1.77. The number of nitrogens with one attached hydrogen (secondary N) is 2. The van der Waals surface area contributed by atoms with Gasteiger partial charge in [0, 0.05) is 4.47 Å². The first-order valence-corrected chi connectivity index (χ1v) is 6.93. The van der Waals surface area contributed by atoms with Gasteiger partial charge in [0.15, 0.2) is 0 Å². The van der Waals surface area contributed by atoms with E-state index in [0.29, 0.717) is 10.2 Å². The summed E-state index contributed by atoms with van der Waals surface area (Å²) >= 11 is 3.28. The third-order valence-electron chi connectivity index (χ3n) is 2.73. The molecule has 0 aliphatic rings. The van der Waals surface area contributed by atoms with Crippen LogP contribution in [0.2, 0.25) is 0 Å². The summed E-state index contributed by atoms with van der Waals surface area (Å²) in [6.07, 6.45) is 0. The van der Waals surface area contributed by atoms with Gasteiger partial charge in [-0.15, -0.1) is 0 Å². The van der Waals surface area contributed by atoms with Crippen LogP contribution in [0.3, 0.4) is 0 Å². The Balaban J connectivity index is 2.08. The highest BCUT2D eigenvalue weighted by Gasteiger charge is 2.16. The van der Waals surface area contributed by atoms with Crippen molar-refractivity contribution in [2.75, 3.05) is 10.6 Å². The van der Waals surface area contributed by atoms with Gasteiger partial charge in [0.2, 0.25) is 0 Å². The number of carbonyl (C=O) groups excluding carboxylic acids is 2. The molecule has 0 saturated heterocycles. The number of anilines is 2. The van der Waals surface area contributed by atoms with Gasteiger partial charge in [0.05, 0.1) is 11.4 Å². The number of para-hydroxylation sites is 1. The zero-order valence-corrected chi connectivity index (χ0v) is 12.8. The molecule has 2 aromatic carbocycles. The lowest BCUT2D eigenvalue weighted by molar-refractivity contribution is -0.133. The zero-order valence-electron chi connectivity index (χ0n) is 11.2. The second kappa shape index (κ2) is 6.41. The molecule has 0 aromatic heterocycles. The Labute approximate surface area is 130 Å². The van der Waals surface area contributed by atoms with Crippen LogP contribution in [0.1, 0.15) is 5.56 Å². The van der Waals surface area contributed by atoms with Crippen molar-refractivity contribution in [1.82, 2.24) is 0 Å². The van der Waals surface area contributed by atoms with Crippen LogP contribution in [-0.4, -0.2) is 16.9 Å². The van der Waals surface area contributed by atoms with Crippen LogP contribution in [0.25, 0.3) is 0 Å². The molecule has 0 unspecified atom stereocenters. The maximum atomic E-state index is 11.8. The van der Waals surface area contributed by atoms with E-state index < -0.39 is 11.8 Å². The Morgan fingerprint density at radius 3 is 2.29 bits per heavy atom. The Bertz CT molecular complexity index is 701. The average molecular weight is 349 g/mol. The van der Waals surface area contributed by atoms with E-state index in [1.54, 1.807) is 36.4 Å². The zero-order chi connectivity index (χ0) is 15.4. The van der Waals surface area contributed by atoms with Gasteiger partial charge in [-0.3, -0.25) is 9.59 Å². The normalized spacial score (nSPS) is 10.0. The van der Waals surface area contributed by atoms with Gasteiger partial charge in [-0.05, 0) is 52.7 Å². The summed E-state index contributed by atoms with van der Waals surface area (Å²) in [6, 6.07) is 11.7. The van der Waals surface area contributed by atoms with Crippen molar-refractivity contribution in [2.45, 2.75) is 6.92 Å².